The van der Waals surface area contributed by atoms with Gasteiger partial charge in [-0.05, 0) is 24.0 Å². The summed E-state index contributed by atoms with van der Waals surface area (Å²) in [7, 11) is 1.74. The van der Waals surface area contributed by atoms with Crippen molar-refractivity contribution in [3.63, 3.8) is 0 Å². The van der Waals surface area contributed by atoms with E-state index < -0.39 is 0 Å². The Morgan fingerprint density at radius 2 is 1.81 bits per heavy atom. The van der Waals surface area contributed by atoms with Crippen molar-refractivity contribution in [2.75, 3.05) is 7.11 Å². The SMILES string of the molecule is CCCC(OC)C(N)c1ccc(CC)cc1. The first-order chi connectivity index (χ1) is 7.72. The highest BCUT2D eigenvalue weighted by atomic mass is 16.5. The molecule has 1 aromatic carbocycles. The van der Waals surface area contributed by atoms with Gasteiger partial charge >= 0.3 is 0 Å². The molecule has 0 fully saturated rings. The maximum Gasteiger partial charge on any atom is 0.0763 e. The van der Waals surface area contributed by atoms with Crippen LogP contribution in [0.5, 0.6) is 0 Å². The van der Waals surface area contributed by atoms with Crippen LogP contribution in [-0.2, 0) is 11.2 Å². The maximum absolute atomic E-state index is 6.20. The molecule has 0 spiro atoms. The standard InChI is InChI=1S/C14H23NO/c1-4-6-13(16-3)14(15)12-9-7-11(5-2)8-10-12/h7-10,13-14H,4-6,15H2,1-3H3. The summed E-state index contributed by atoms with van der Waals surface area (Å²) in [6.07, 6.45) is 3.29. The van der Waals surface area contributed by atoms with Crippen LogP contribution >= 0.6 is 0 Å². The normalized spacial score (nSPS) is 14.8. The van der Waals surface area contributed by atoms with Gasteiger partial charge in [0, 0.05) is 7.11 Å². The van der Waals surface area contributed by atoms with E-state index in [0.29, 0.717) is 0 Å². The van der Waals surface area contributed by atoms with Crippen molar-refractivity contribution in [3.8, 4) is 0 Å². The Hall–Kier alpha value is -0.860. The van der Waals surface area contributed by atoms with E-state index in [2.05, 4.69) is 38.1 Å². The second-order valence-corrected chi connectivity index (χ2v) is 4.18. The fourth-order valence-corrected chi connectivity index (χ4v) is 1.92. The lowest BCUT2D eigenvalue weighted by molar-refractivity contribution is 0.0725. The smallest absolute Gasteiger partial charge is 0.0763 e. The summed E-state index contributed by atoms with van der Waals surface area (Å²) >= 11 is 0. The quantitative estimate of drug-likeness (QED) is 0.801. The van der Waals surface area contributed by atoms with Gasteiger partial charge in [0.25, 0.3) is 0 Å². The molecule has 2 nitrogen and oxygen atoms in total. The first kappa shape index (κ1) is 13.2. The summed E-state index contributed by atoms with van der Waals surface area (Å²) in [5, 5.41) is 0. The summed E-state index contributed by atoms with van der Waals surface area (Å²) in [5.41, 5.74) is 8.71. The summed E-state index contributed by atoms with van der Waals surface area (Å²) in [5.74, 6) is 0. The molecule has 90 valence electrons. The van der Waals surface area contributed by atoms with Crippen LogP contribution in [0.3, 0.4) is 0 Å². The summed E-state index contributed by atoms with van der Waals surface area (Å²) in [6.45, 7) is 4.31. The molecular formula is C14H23NO. The van der Waals surface area contributed by atoms with Crippen LogP contribution in [0.4, 0.5) is 0 Å². The van der Waals surface area contributed by atoms with Crippen LogP contribution in [0.25, 0.3) is 0 Å². The number of hydrogen-bond acceptors (Lipinski definition) is 2. The molecule has 0 saturated carbocycles. The third-order valence-electron chi connectivity index (χ3n) is 3.05. The first-order valence-electron chi connectivity index (χ1n) is 6.10. The second-order valence-electron chi connectivity index (χ2n) is 4.18. The molecule has 1 aromatic rings. The van der Waals surface area contributed by atoms with Crippen molar-refractivity contribution in [1.29, 1.82) is 0 Å². The first-order valence-corrected chi connectivity index (χ1v) is 6.10. The molecule has 2 heteroatoms. The largest absolute Gasteiger partial charge is 0.379 e. The zero-order valence-electron chi connectivity index (χ0n) is 10.6. The Morgan fingerprint density at radius 1 is 1.19 bits per heavy atom. The predicted octanol–water partition coefficient (Wildman–Crippen LogP) is 3.06. The van der Waals surface area contributed by atoms with Gasteiger partial charge in [0.1, 0.15) is 0 Å². The van der Waals surface area contributed by atoms with Crippen molar-refractivity contribution in [3.05, 3.63) is 35.4 Å². The Morgan fingerprint density at radius 3 is 2.25 bits per heavy atom. The van der Waals surface area contributed by atoms with E-state index >= 15 is 0 Å². The molecule has 16 heavy (non-hydrogen) atoms. The number of methoxy groups -OCH3 is 1. The third kappa shape index (κ3) is 3.32. The Labute approximate surface area is 98.8 Å². The molecule has 0 heterocycles. The number of hydrogen-bond donors (Lipinski definition) is 1. The van der Waals surface area contributed by atoms with Crippen molar-refractivity contribution in [2.24, 2.45) is 5.73 Å². The molecule has 0 amide bonds. The van der Waals surface area contributed by atoms with Gasteiger partial charge in [-0.3, -0.25) is 0 Å². The van der Waals surface area contributed by atoms with E-state index in [1.807, 2.05) is 0 Å². The lowest BCUT2D eigenvalue weighted by Crippen LogP contribution is -2.27. The lowest BCUT2D eigenvalue weighted by atomic mass is 9.97. The molecule has 2 N–H and O–H groups in total. The number of aryl methyl sites for hydroxylation is 1. The Kier molecular flexibility index (Phi) is 5.50. The summed E-state index contributed by atoms with van der Waals surface area (Å²) in [6, 6.07) is 8.51. The molecule has 0 radical (unpaired) electrons. The van der Waals surface area contributed by atoms with Gasteiger partial charge in [0.2, 0.25) is 0 Å². The van der Waals surface area contributed by atoms with Crippen molar-refractivity contribution in [1.82, 2.24) is 0 Å². The number of nitrogens with two attached hydrogens (primary N) is 1. The zero-order chi connectivity index (χ0) is 12.0. The molecular weight excluding hydrogens is 198 g/mol. The van der Waals surface area contributed by atoms with Gasteiger partial charge in [-0.1, -0.05) is 44.5 Å². The Bertz CT molecular complexity index is 294. The van der Waals surface area contributed by atoms with E-state index in [1.165, 1.54) is 5.56 Å². The average Bonchev–Trinajstić information content (AvgIpc) is 2.35. The van der Waals surface area contributed by atoms with Crippen LogP contribution in [0.15, 0.2) is 24.3 Å². The van der Waals surface area contributed by atoms with Crippen LogP contribution in [0, 0.1) is 0 Å². The highest BCUT2D eigenvalue weighted by molar-refractivity contribution is 5.25. The number of ether oxygens (including phenoxy) is 1. The minimum atomic E-state index is -0.0177. The highest BCUT2D eigenvalue weighted by Gasteiger charge is 2.17. The van der Waals surface area contributed by atoms with Gasteiger partial charge < -0.3 is 10.5 Å². The van der Waals surface area contributed by atoms with Crippen molar-refractivity contribution in [2.45, 2.75) is 45.3 Å². The molecule has 2 atom stereocenters. The third-order valence-corrected chi connectivity index (χ3v) is 3.05. The summed E-state index contributed by atoms with van der Waals surface area (Å²) < 4.78 is 5.44. The van der Waals surface area contributed by atoms with Crippen LogP contribution in [0.2, 0.25) is 0 Å². The highest BCUT2D eigenvalue weighted by Crippen LogP contribution is 2.20. The van der Waals surface area contributed by atoms with Gasteiger partial charge in [-0.25, -0.2) is 0 Å². The minimum absolute atomic E-state index is 0.0177. The van der Waals surface area contributed by atoms with E-state index in [-0.39, 0.29) is 12.1 Å². The number of rotatable bonds is 6. The molecule has 0 bridgehead atoms. The molecule has 0 aliphatic rings. The van der Waals surface area contributed by atoms with Crippen LogP contribution in [0.1, 0.15) is 43.9 Å². The van der Waals surface area contributed by atoms with E-state index in [9.17, 15) is 0 Å². The van der Waals surface area contributed by atoms with Crippen molar-refractivity contribution >= 4 is 0 Å². The molecule has 0 aromatic heterocycles. The lowest BCUT2D eigenvalue weighted by Gasteiger charge is -2.22. The minimum Gasteiger partial charge on any atom is -0.379 e. The molecule has 0 aliphatic carbocycles. The van der Waals surface area contributed by atoms with Crippen LogP contribution < -0.4 is 5.73 Å². The van der Waals surface area contributed by atoms with E-state index in [1.54, 1.807) is 7.11 Å². The molecule has 2 unspecified atom stereocenters. The van der Waals surface area contributed by atoms with Gasteiger partial charge in [-0.2, -0.15) is 0 Å². The predicted molar refractivity (Wildman–Crippen MR) is 68.5 cm³/mol. The molecule has 0 saturated heterocycles. The molecule has 1 rings (SSSR count). The monoisotopic (exact) mass is 221 g/mol. The van der Waals surface area contributed by atoms with Gasteiger partial charge in [-0.15, -0.1) is 0 Å². The van der Waals surface area contributed by atoms with Gasteiger partial charge in [0.05, 0.1) is 12.1 Å². The van der Waals surface area contributed by atoms with E-state index in [0.717, 1.165) is 24.8 Å². The van der Waals surface area contributed by atoms with E-state index in [4.69, 9.17) is 10.5 Å². The second kappa shape index (κ2) is 6.66. The average molecular weight is 221 g/mol. The molecule has 0 aliphatic heterocycles. The van der Waals surface area contributed by atoms with Crippen molar-refractivity contribution < 1.29 is 4.74 Å². The Balaban J connectivity index is 2.73. The topological polar surface area (TPSA) is 35.2 Å². The van der Waals surface area contributed by atoms with Gasteiger partial charge in [0.15, 0.2) is 0 Å². The fraction of sp³-hybridized carbons (Fsp3) is 0.571. The zero-order valence-corrected chi connectivity index (χ0v) is 10.6. The van der Waals surface area contributed by atoms with Crippen LogP contribution in [-0.4, -0.2) is 13.2 Å². The fourth-order valence-electron chi connectivity index (χ4n) is 1.92. The number of benzene rings is 1. The maximum atomic E-state index is 6.20. The summed E-state index contributed by atoms with van der Waals surface area (Å²) in [4.78, 5) is 0.